The second kappa shape index (κ2) is 9.14. The molecule has 0 aliphatic heterocycles. The normalized spacial score (nSPS) is 10.9. The Morgan fingerprint density at radius 2 is 2.00 bits per heavy atom. The maximum Gasteiger partial charge on any atom is 0.283 e. The Morgan fingerprint density at radius 1 is 1.25 bits per heavy atom. The quantitative estimate of drug-likeness (QED) is 0.469. The van der Waals surface area contributed by atoms with Crippen LogP contribution in [0.3, 0.4) is 0 Å². The van der Waals surface area contributed by atoms with Crippen LogP contribution in [0.25, 0.3) is 0 Å². The van der Waals surface area contributed by atoms with Gasteiger partial charge >= 0.3 is 0 Å². The molecule has 0 fully saturated rings. The molecule has 3 rings (SSSR count). The fourth-order valence-corrected chi connectivity index (χ4v) is 3.46. The van der Waals surface area contributed by atoms with Crippen molar-refractivity contribution in [2.45, 2.75) is 26.9 Å². The highest BCUT2D eigenvalue weighted by molar-refractivity contribution is 7.17. The van der Waals surface area contributed by atoms with Crippen molar-refractivity contribution in [1.29, 1.82) is 0 Å². The first-order chi connectivity index (χ1) is 13.6. The van der Waals surface area contributed by atoms with Gasteiger partial charge in [0.1, 0.15) is 17.2 Å². The number of hydrogen-bond acceptors (Lipinski definition) is 6. The lowest BCUT2D eigenvalue weighted by atomic mass is 10.1. The zero-order valence-electron chi connectivity index (χ0n) is 15.8. The molecule has 0 aliphatic carbocycles. The minimum Gasteiger partial charge on any atom is -0.488 e. The smallest absolute Gasteiger partial charge is 0.283 e. The van der Waals surface area contributed by atoms with Crippen LogP contribution in [0.1, 0.15) is 39.0 Å². The molecule has 1 heterocycles. The number of aryl methyl sites for hydroxylation is 2. The Kier molecular flexibility index (Phi) is 6.39. The van der Waals surface area contributed by atoms with Crippen molar-refractivity contribution in [3.8, 4) is 5.75 Å². The number of amides is 1. The molecule has 144 valence electrons. The minimum absolute atomic E-state index is 0.319. The third-order valence-corrected chi connectivity index (χ3v) is 5.11. The SMILES string of the molecule is CCc1nc(N)sc1C(=O)N/N=C\c1ccccc1OCc1ccccc1C. The second-order valence-corrected chi connectivity index (χ2v) is 7.16. The van der Waals surface area contributed by atoms with Crippen molar-refractivity contribution in [2.24, 2.45) is 5.10 Å². The Labute approximate surface area is 168 Å². The first-order valence-electron chi connectivity index (χ1n) is 8.93. The van der Waals surface area contributed by atoms with Crippen LogP contribution in [0.15, 0.2) is 53.6 Å². The number of nitrogens with zero attached hydrogens (tertiary/aromatic N) is 2. The summed E-state index contributed by atoms with van der Waals surface area (Å²) in [7, 11) is 0. The summed E-state index contributed by atoms with van der Waals surface area (Å²) in [5.74, 6) is 0.376. The maximum atomic E-state index is 12.3. The van der Waals surface area contributed by atoms with E-state index in [0.717, 1.165) is 22.5 Å². The van der Waals surface area contributed by atoms with E-state index in [1.165, 1.54) is 5.56 Å². The number of aromatic nitrogens is 1. The molecule has 0 unspecified atom stereocenters. The molecule has 0 bridgehead atoms. The van der Waals surface area contributed by atoms with Crippen LogP contribution in [0.5, 0.6) is 5.75 Å². The number of carbonyl (C=O) groups is 1. The number of anilines is 1. The highest BCUT2D eigenvalue weighted by Crippen LogP contribution is 2.21. The molecule has 0 saturated carbocycles. The third-order valence-electron chi connectivity index (χ3n) is 4.19. The van der Waals surface area contributed by atoms with Gasteiger partial charge in [-0.05, 0) is 36.6 Å². The van der Waals surface area contributed by atoms with Crippen molar-refractivity contribution in [2.75, 3.05) is 5.73 Å². The molecule has 1 aromatic heterocycles. The van der Waals surface area contributed by atoms with E-state index in [1.807, 2.05) is 49.4 Å². The molecular formula is C21H22N4O2S. The van der Waals surface area contributed by atoms with Gasteiger partial charge < -0.3 is 10.5 Å². The molecule has 1 amide bonds. The molecule has 28 heavy (non-hydrogen) atoms. The van der Waals surface area contributed by atoms with Gasteiger partial charge in [0.15, 0.2) is 5.13 Å². The molecule has 2 aromatic carbocycles. The molecule has 0 radical (unpaired) electrons. The van der Waals surface area contributed by atoms with Crippen LogP contribution in [0.2, 0.25) is 0 Å². The van der Waals surface area contributed by atoms with Gasteiger partial charge in [-0.2, -0.15) is 5.10 Å². The van der Waals surface area contributed by atoms with Gasteiger partial charge in [0.05, 0.1) is 11.9 Å². The number of thiazole rings is 1. The van der Waals surface area contributed by atoms with Crippen molar-refractivity contribution in [3.63, 3.8) is 0 Å². The fourth-order valence-electron chi connectivity index (χ4n) is 2.64. The van der Waals surface area contributed by atoms with E-state index in [9.17, 15) is 4.79 Å². The van der Waals surface area contributed by atoms with Gasteiger partial charge in [-0.15, -0.1) is 0 Å². The summed E-state index contributed by atoms with van der Waals surface area (Å²) in [6.07, 6.45) is 2.21. The van der Waals surface area contributed by atoms with Gasteiger partial charge in [-0.1, -0.05) is 54.7 Å². The zero-order valence-corrected chi connectivity index (χ0v) is 16.6. The van der Waals surface area contributed by atoms with Crippen molar-refractivity contribution >= 4 is 28.6 Å². The first-order valence-corrected chi connectivity index (χ1v) is 9.75. The standard InChI is InChI=1S/C21H22N4O2S/c1-3-17-19(28-21(22)24-17)20(26)25-23-12-15-9-6-7-11-18(15)27-13-16-10-5-4-8-14(16)2/h4-12H,3,13H2,1-2H3,(H2,22,24)(H,25,26)/b23-12-. The number of para-hydroxylation sites is 1. The number of ether oxygens (including phenoxy) is 1. The van der Waals surface area contributed by atoms with E-state index >= 15 is 0 Å². The summed E-state index contributed by atoms with van der Waals surface area (Å²) >= 11 is 1.16. The zero-order chi connectivity index (χ0) is 19.9. The largest absolute Gasteiger partial charge is 0.488 e. The Balaban J connectivity index is 1.67. The fraction of sp³-hybridized carbons (Fsp3) is 0.190. The number of nitrogens with one attached hydrogen (secondary N) is 1. The number of hydrazone groups is 1. The van der Waals surface area contributed by atoms with Crippen LogP contribution < -0.4 is 15.9 Å². The molecular weight excluding hydrogens is 372 g/mol. The summed E-state index contributed by atoms with van der Waals surface area (Å²) in [5, 5.41) is 4.45. The molecule has 0 spiro atoms. The molecule has 0 atom stereocenters. The van der Waals surface area contributed by atoms with Gasteiger partial charge in [0, 0.05) is 5.56 Å². The Bertz CT molecular complexity index is 998. The van der Waals surface area contributed by atoms with Crippen LogP contribution in [-0.2, 0) is 13.0 Å². The van der Waals surface area contributed by atoms with Gasteiger partial charge in [0.2, 0.25) is 0 Å². The summed E-state index contributed by atoms with van der Waals surface area (Å²) in [5.41, 5.74) is 12.0. The van der Waals surface area contributed by atoms with Gasteiger partial charge in [-0.25, -0.2) is 10.4 Å². The number of carbonyl (C=O) groups excluding carboxylic acids is 1. The Hall–Kier alpha value is -3.19. The van der Waals surface area contributed by atoms with Crippen molar-refractivity contribution in [3.05, 3.63) is 75.8 Å². The van der Waals surface area contributed by atoms with E-state index in [2.05, 4.69) is 28.5 Å². The topological polar surface area (TPSA) is 89.6 Å². The van der Waals surface area contributed by atoms with E-state index in [4.69, 9.17) is 10.5 Å². The van der Waals surface area contributed by atoms with Crippen LogP contribution in [-0.4, -0.2) is 17.1 Å². The third kappa shape index (κ3) is 4.75. The summed E-state index contributed by atoms with van der Waals surface area (Å²) in [6.45, 7) is 4.44. The second-order valence-electron chi connectivity index (χ2n) is 6.13. The van der Waals surface area contributed by atoms with Crippen molar-refractivity contribution < 1.29 is 9.53 Å². The van der Waals surface area contributed by atoms with Crippen molar-refractivity contribution in [1.82, 2.24) is 10.4 Å². The molecule has 3 aromatic rings. The number of rotatable bonds is 7. The molecule has 0 saturated heterocycles. The average molecular weight is 395 g/mol. The number of nitrogen functional groups attached to an aromatic ring is 1. The van der Waals surface area contributed by atoms with E-state index in [0.29, 0.717) is 34.5 Å². The minimum atomic E-state index is -0.319. The lowest BCUT2D eigenvalue weighted by Gasteiger charge is -2.10. The summed E-state index contributed by atoms with van der Waals surface area (Å²) < 4.78 is 5.96. The van der Waals surface area contributed by atoms with Gasteiger partial charge in [-0.3, -0.25) is 4.79 Å². The molecule has 0 aliphatic rings. The predicted octanol–water partition coefficient (Wildman–Crippen LogP) is 3.94. The average Bonchev–Trinajstić information content (AvgIpc) is 3.09. The predicted molar refractivity (Wildman–Crippen MR) is 113 cm³/mol. The van der Waals surface area contributed by atoms with E-state index < -0.39 is 0 Å². The molecule has 7 heteroatoms. The lowest BCUT2D eigenvalue weighted by Crippen LogP contribution is -2.17. The summed E-state index contributed by atoms with van der Waals surface area (Å²) in [4.78, 5) is 17.0. The first kappa shape index (κ1) is 19.6. The molecule has 6 nitrogen and oxygen atoms in total. The monoisotopic (exact) mass is 394 g/mol. The maximum absolute atomic E-state index is 12.3. The van der Waals surface area contributed by atoms with Crippen LogP contribution >= 0.6 is 11.3 Å². The number of hydrogen-bond donors (Lipinski definition) is 2. The highest BCUT2D eigenvalue weighted by atomic mass is 32.1. The molecule has 3 N–H and O–H groups in total. The van der Waals surface area contributed by atoms with Gasteiger partial charge in [0.25, 0.3) is 5.91 Å². The lowest BCUT2D eigenvalue weighted by molar-refractivity contribution is 0.0958. The summed E-state index contributed by atoms with van der Waals surface area (Å²) in [6, 6.07) is 15.6. The number of nitrogens with two attached hydrogens (primary N) is 1. The van der Waals surface area contributed by atoms with Crippen LogP contribution in [0.4, 0.5) is 5.13 Å². The van der Waals surface area contributed by atoms with E-state index in [1.54, 1.807) is 6.21 Å². The van der Waals surface area contributed by atoms with Crippen LogP contribution in [0, 0.1) is 6.92 Å². The Morgan fingerprint density at radius 3 is 2.79 bits per heavy atom. The highest BCUT2D eigenvalue weighted by Gasteiger charge is 2.15. The number of benzene rings is 2. The van der Waals surface area contributed by atoms with E-state index in [-0.39, 0.29) is 5.91 Å².